The van der Waals surface area contributed by atoms with Gasteiger partial charge in [-0.2, -0.15) is 0 Å². The van der Waals surface area contributed by atoms with Crippen LogP contribution in [-0.4, -0.2) is 38.0 Å². The highest BCUT2D eigenvalue weighted by Crippen LogP contribution is 2.13. The zero-order valence-electron chi connectivity index (χ0n) is 15.0. The van der Waals surface area contributed by atoms with Crippen molar-refractivity contribution in [1.82, 2.24) is 5.32 Å². The molecule has 3 N–H and O–H groups in total. The van der Waals surface area contributed by atoms with Crippen LogP contribution >= 0.6 is 0 Å². The molecule has 0 bridgehead atoms. The van der Waals surface area contributed by atoms with Crippen LogP contribution in [0, 0.1) is 0 Å². The van der Waals surface area contributed by atoms with Gasteiger partial charge in [-0.3, -0.25) is 9.59 Å². The van der Waals surface area contributed by atoms with Crippen molar-refractivity contribution in [3.63, 3.8) is 0 Å². The largest absolute Gasteiger partial charge is 0.497 e. The number of methoxy groups -OCH3 is 1. The highest BCUT2D eigenvalue weighted by molar-refractivity contribution is 5.99. The Kier molecular flexibility index (Phi) is 7.17. The quantitative estimate of drug-likeness (QED) is 0.670. The van der Waals surface area contributed by atoms with E-state index in [-0.39, 0.29) is 18.2 Å². The molecule has 26 heavy (non-hydrogen) atoms. The molecule has 0 aliphatic heterocycles. The Morgan fingerprint density at radius 2 is 1.65 bits per heavy atom. The van der Waals surface area contributed by atoms with Gasteiger partial charge < -0.3 is 20.5 Å². The fourth-order valence-electron chi connectivity index (χ4n) is 2.41. The van der Waals surface area contributed by atoms with E-state index in [1.54, 1.807) is 31.4 Å². The van der Waals surface area contributed by atoms with Crippen LogP contribution in [0.25, 0.3) is 0 Å². The maximum absolute atomic E-state index is 12.1. The van der Waals surface area contributed by atoms with Gasteiger partial charge in [0.2, 0.25) is 5.91 Å². The number of hydrogen-bond donors (Lipinski definition) is 2. The molecule has 0 fully saturated rings. The van der Waals surface area contributed by atoms with E-state index in [9.17, 15) is 9.59 Å². The first-order valence-corrected chi connectivity index (χ1v) is 8.45. The number of nitrogens with one attached hydrogen (secondary N) is 1. The van der Waals surface area contributed by atoms with Gasteiger partial charge in [-0.15, -0.1) is 0 Å². The maximum atomic E-state index is 12.1. The van der Waals surface area contributed by atoms with Crippen LogP contribution in [0.2, 0.25) is 0 Å². The van der Waals surface area contributed by atoms with Crippen molar-refractivity contribution >= 4 is 11.7 Å². The molecule has 0 aliphatic rings. The second-order valence-electron chi connectivity index (χ2n) is 5.76. The van der Waals surface area contributed by atoms with Gasteiger partial charge in [-0.05, 0) is 55.3 Å². The van der Waals surface area contributed by atoms with Gasteiger partial charge >= 0.3 is 0 Å². The van der Waals surface area contributed by atoms with E-state index in [1.807, 2.05) is 31.2 Å². The minimum absolute atomic E-state index is 0.0951. The van der Waals surface area contributed by atoms with Crippen molar-refractivity contribution in [2.24, 2.45) is 5.73 Å². The van der Waals surface area contributed by atoms with Crippen LogP contribution in [-0.2, 0) is 11.2 Å². The molecule has 2 rings (SSSR count). The van der Waals surface area contributed by atoms with Gasteiger partial charge in [0.05, 0.1) is 26.3 Å². The first-order chi connectivity index (χ1) is 12.5. The number of carbonyl (C=O) groups is 2. The molecule has 6 nitrogen and oxygen atoms in total. The van der Waals surface area contributed by atoms with Crippen LogP contribution in [0.15, 0.2) is 48.5 Å². The highest BCUT2D eigenvalue weighted by atomic mass is 16.5. The SMILES string of the molecule is CCOc1ccc(C[C@H](N)C(=O)NCC(=O)c2ccc(OC)cc2)cc1. The van der Waals surface area contributed by atoms with Crippen molar-refractivity contribution in [2.45, 2.75) is 19.4 Å². The number of hydrogen-bond acceptors (Lipinski definition) is 5. The molecule has 0 saturated carbocycles. The van der Waals surface area contributed by atoms with Crippen molar-refractivity contribution < 1.29 is 19.1 Å². The van der Waals surface area contributed by atoms with Crippen LogP contribution in [0.5, 0.6) is 11.5 Å². The third kappa shape index (κ3) is 5.60. The molecular weight excluding hydrogens is 332 g/mol. The van der Waals surface area contributed by atoms with Crippen molar-refractivity contribution in [3.8, 4) is 11.5 Å². The monoisotopic (exact) mass is 356 g/mol. The van der Waals surface area contributed by atoms with Gasteiger partial charge in [0.25, 0.3) is 0 Å². The fraction of sp³-hybridized carbons (Fsp3) is 0.300. The van der Waals surface area contributed by atoms with Crippen LogP contribution in [0.4, 0.5) is 0 Å². The minimum atomic E-state index is -0.725. The number of amides is 1. The summed E-state index contributed by atoms with van der Waals surface area (Å²) in [4.78, 5) is 24.2. The van der Waals surface area contributed by atoms with E-state index in [1.165, 1.54) is 0 Å². The first kappa shape index (κ1) is 19.5. The predicted molar refractivity (Wildman–Crippen MR) is 99.6 cm³/mol. The Balaban J connectivity index is 1.83. The molecule has 6 heteroatoms. The normalized spacial score (nSPS) is 11.5. The number of Topliss-reactive ketones (excluding diaryl/α,β-unsaturated/α-hetero) is 1. The zero-order chi connectivity index (χ0) is 18.9. The third-order valence-electron chi connectivity index (χ3n) is 3.86. The fourth-order valence-corrected chi connectivity index (χ4v) is 2.41. The third-order valence-corrected chi connectivity index (χ3v) is 3.86. The summed E-state index contributed by atoms with van der Waals surface area (Å²) in [5, 5.41) is 2.59. The lowest BCUT2D eigenvalue weighted by molar-refractivity contribution is -0.122. The van der Waals surface area contributed by atoms with Crippen molar-refractivity contribution in [2.75, 3.05) is 20.3 Å². The highest BCUT2D eigenvalue weighted by Gasteiger charge is 2.15. The Labute approximate surface area is 153 Å². The average Bonchev–Trinajstić information content (AvgIpc) is 2.67. The molecule has 0 radical (unpaired) electrons. The molecule has 0 aromatic heterocycles. The van der Waals surface area contributed by atoms with Gasteiger partial charge in [0, 0.05) is 5.56 Å². The summed E-state index contributed by atoms with van der Waals surface area (Å²) < 4.78 is 10.4. The van der Waals surface area contributed by atoms with Crippen molar-refractivity contribution in [1.29, 1.82) is 0 Å². The topological polar surface area (TPSA) is 90.6 Å². The summed E-state index contributed by atoms with van der Waals surface area (Å²) in [7, 11) is 1.56. The number of carbonyl (C=O) groups excluding carboxylic acids is 2. The van der Waals surface area contributed by atoms with Gasteiger partial charge in [-0.25, -0.2) is 0 Å². The van der Waals surface area contributed by atoms with Gasteiger partial charge in [0.15, 0.2) is 5.78 Å². The summed E-state index contributed by atoms with van der Waals surface area (Å²) >= 11 is 0. The summed E-state index contributed by atoms with van der Waals surface area (Å²) in [5.74, 6) is 0.900. The molecule has 1 amide bonds. The van der Waals surface area contributed by atoms with E-state index in [2.05, 4.69) is 5.32 Å². The number of rotatable bonds is 9. The molecule has 1 atom stereocenters. The molecule has 0 aliphatic carbocycles. The summed E-state index contributed by atoms with van der Waals surface area (Å²) in [6, 6.07) is 13.4. The van der Waals surface area contributed by atoms with Gasteiger partial charge in [0.1, 0.15) is 11.5 Å². The second-order valence-corrected chi connectivity index (χ2v) is 5.76. The van der Waals surface area contributed by atoms with E-state index < -0.39 is 6.04 Å². The Hall–Kier alpha value is -2.86. The lowest BCUT2D eigenvalue weighted by Crippen LogP contribution is -2.43. The Morgan fingerprint density at radius 3 is 2.23 bits per heavy atom. The zero-order valence-corrected chi connectivity index (χ0v) is 15.0. The van der Waals surface area contributed by atoms with E-state index in [0.717, 1.165) is 11.3 Å². The molecule has 2 aromatic carbocycles. The Morgan fingerprint density at radius 1 is 1.04 bits per heavy atom. The molecule has 0 saturated heterocycles. The lowest BCUT2D eigenvalue weighted by Gasteiger charge is -2.12. The lowest BCUT2D eigenvalue weighted by atomic mass is 10.1. The maximum Gasteiger partial charge on any atom is 0.237 e. The molecule has 138 valence electrons. The molecule has 2 aromatic rings. The van der Waals surface area contributed by atoms with E-state index >= 15 is 0 Å². The number of benzene rings is 2. The minimum Gasteiger partial charge on any atom is -0.497 e. The Bertz CT molecular complexity index is 726. The number of nitrogens with two attached hydrogens (primary N) is 1. The molecular formula is C20H24N2O4. The molecule has 0 heterocycles. The second kappa shape index (κ2) is 9.58. The standard InChI is InChI=1S/C20H24N2O4/c1-3-26-17-8-4-14(5-9-17)12-18(21)20(24)22-13-19(23)15-6-10-16(25-2)11-7-15/h4-11,18H,3,12-13,21H2,1-2H3,(H,22,24)/t18-/m0/s1. The number of ketones is 1. The predicted octanol–water partition coefficient (Wildman–Crippen LogP) is 1.96. The molecule has 0 spiro atoms. The van der Waals surface area contributed by atoms with E-state index in [4.69, 9.17) is 15.2 Å². The first-order valence-electron chi connectivity index (χ1n) is 8.45. The van der Waals surface area contributed by atoms with Crippen LogP contribution in [0.1, 0.15) is 22.8 Å². The van der Waals surface area contributed by atoms with Crippen molar-refractivity contribution in [3.05, 3.63) is 59.7 Å². The van der Waals surface area contributed by atoms with Crippen LogP contribution < -0.4 is 20.5 Å². The summed E-state index contributed by atoms with van der Waals surface area (Å²) in [5.41, 5.74) is 7.37. The average molecular weight is 356 g/mol. The summed E-state index contributed by atoms with van der Waals surface area (Å²) in [6.07, 6.45) is 0.384. The number of ether oxygens (including phenoxy) is 2. The smallest absolute Gasteiger partial charge is 0.237 e. The van der Waals surface area contributed by atoms with Gasteiger partial charge in [-0.1, -0.05) is 12.1 Å². The van der Waals surface area contributed by atoms with E-state index in [0.29, 0.717) is 24.3 Å². The molecule has 0 unspecified atom stereocenters. The summed E-state index contributed by atoms with van der Waals surface area (Å²) in [6.45, 7) is 2.42. The van der Waals surface area contributed by atoms with Crippen LogP contribution in [0.3, 0.4) is 0 Å².